The Bertz CT molecular complexity index is 1230. The summed E-state index contributed by atoms with van der Waals surface area (Å²) in [6.45, 7) is 7.11. The van der Waals surface area contributed by atoms with Gasteiger partial charge in [0.1, 0.15) is 49.3 Å². The second-order valence-corrected chi connectivity index (χ2v) is 16.3. The minimum atomic E-state index is -1.30. The zero-order valence-corrected chi connectivity index (χ0v) is 31.2. The van der Waals surface area contributed by atoms with E-state index >= 15 is 0 Å². The van der Waals surface area contributed by atoms with Crippen LogP contribution in [-0.2, 0) is 57.0 Å². The summed E-state index contributed by atoms with van der Waals surface area (Å²) < 4.78 is 60.3. The summed E-state index contributed by atoms with van der Waals surface area (Å²) in [5, 5.41) is 20.7. The molecule has 0 bridgehead atoms. The first-order valence-corrected chi connectivity index (χ1v) is 19.9. The summed E-state index contributed by atoms with van der Waals surface area (Å²) in [6, 6.07) is 0. The minimum absolute atomic E-state index is 0.0553. The maximum Gasteiger partial charge on any atom is 0.303 e. The molecule has 3 saturated carbocycles. The lowest BCUT2D eigenvalue weighted by atomic mass is 9.87. The van der Waals surface area contributed by atoms with Crippen LogP contribution in [0, 0.1) is 5.92 Å². The molecule has 5 aliphatic heterocycles. The molecular weight excluding hydrogens is 680 g/mol. The van der Waals surface area contributed by atoms with Crippen LogP contribution >= 0.6 is 0 Å². The molecule has 14 nitrogen and oxygen atoms in total. The summed E-state index contributed by atoms with van der Waals surface area (Å²) in [4.78, 5) is 22.8. The molecule has 0 aromatic heterocycles. The van der Waals surface area contributed by atoms with Gasteiger partial charge in [-0.1, -0.05) is 26.2 Å². The third-order valence-electron chi connectivity index (χ3n) is 12.5. The first-order valence-electron chi connectivity index (χ1n) is 19.9. The monoisotopic (exact) mass is 740 g/mol. The van der Waals surface area contributed by atoms with Crippen molar-refractivity contribution in [3.05, 3.63) is 0 Å². The maximum atomic E-state index is 11.6. The Kier molecular flexibility index (Phi) is 11.9. The quantitative estimate of drug-likeness (QED) is 0.389. The van der Waals surface area contributed by atoms with Gasteiger partial charge in [0.25, 0.3) is 0 Å². The zero-order valence-electron chi connectivity index (χ0n) is 31.2. The first-order chi connectivity index (χ1) is 24.9. The van der Waals surface area contributed by atoms with Gasteiger partial charge in [0.2, 0.25) is 0 Å². The molecular formula is C38H60O14. The molecule has 0 radical (unpaired) electrons. The fourth-order valence-electron chi connectivity index (χ4n) is 9.64. The Morgan fingerprint density at radius 2 is 1.19 bits per heavy atom. The molecule has 8 fully saturated rings. The first kappa shape index (κ1) is 38.8. The number of fused-ring (bicyclic) bond motifs is 2. The normalized spacial score (nSPS) is 42.2. The molecule has 296 valence electrons. The smallest absolute Gasteiger partial charge is 0.303 e. The van der Waals surface area contributed by atoms with E-state index in [2.05, 4.69) is 6.92 Å². The largest absolute Gasteiger partial charge is 0.462 e. The standard InChI is InChI=1S/2C19H30O7/c20-13-15-16(26-19(25-15)9-5-2-6-10-19)14(23-17(13)21)12-11-22-18(24-12)7-3-1-4-8-18;1-11-12(2)23-17(15(24-14(4)21)10-22-13(3)20)18-16(11)25-19(26-18)8-6-5-7-9-19/h12-17,20-21H,1-11H2;11-12,15-18H,5-10H2,1-4H3/t12-,13-,14+,15+,16?,17-;11-,12-,15+,16-,17-,18?/m10/s1. The number of aliphatic hydroxyl groups is 2. The molecule has 8 aliphatic rings. The second-order valence-electron chi connectivity index (χ2n) is 16.3. The second kappa shape index (κ2) is 16.0. The zero-order chi connectivity index (χ0) is 36.7. The van der Waals surface area contributed by atoms with Crippen molar-refractivity contribution in [3.63, 3.8) is 0 Å². The van der Waals surface area contributed by atoms with E-state index in [4.69, 9.17) is 47.4 Å². The van der Waals surface area contributed by atoms with Crippen molar-refractivity contribution < 1.29 is 67.2 Å². The molecule has 12 atom stereocenters. The molecule has 5 saturated heterocycles. The third-order valence-corrected chi connectivity index (χ3v) is 12.5. The molecule has 2 N–H and O–H groups in total. The van der Waals surface area contributed by atoms with Crippen molar-refractivity contribution in [2.75, 3.05) is 13.2 Å². The van der Waals surface area contributed by atoms with Gasteiger partial charge in [0.15, 0.2) is 29.8 Å². The summed E-state index contributed by atoms with van der Waals surface area (Å²) in [7, 11) is 0. The Morgan fingerprint density at radius 3 is 1.77 bits per heavy atom. The maximum absolute atomic E-state index is 11.6. The van der Waals surface area contributed by atoms with Crippen LogP contribution in [0.2, 0.25) is 0 Å². The van der Waals surface area contributed by atoms with Crippen molar-refractivity contribution in [1.82, 2.24) is 0 Å². The topological polar surface area (TPSA) is 167 Å². The van der Waals surface area contributed by atoms with Gasteiger partial charge < -0.3 is 57.6 Å². The van der Waals surface area contributed by atoms with E-state index in [0.717, 1.165) is 77.0 Å². The van der Waals surface area contributed by atoms with Gasteiger partial charge in [-0.05, 0) is 45.4 Å². The van der Waals surface area contributed by atoms with Crippen LogP contribution in [0.3, 0.4) is 0 Å². The minimum Gasteiger partial charge on any atom is -0.462 e. The average molecular weight is 741 g/mol. The lowest BCUT2D eigenvalue weighted by molar-refractivity contribution is -0.284. The molecule has 0 aromatic carbocycles. The van der Waals surface area contributed by atoms with E-state index in [0.29, 0.717) is 6.61 Å². The Labute approximate surface area is 306 Å². The van der Waals surface area contributed by atoms with Crippen molar-refractivity contribution in [2.45, 2.75) is 209 Å². The van der Waals surface area contributed by atoms with Crippen LogP contribution in [-0.4, -0.2) is 120 Å². The molecule has 8 rings (SSSR count). The number of rotatable bonds is 5. The number of carbonyl (C=O) groups excluding carboxylic acids is 2. The number of carbonyl (C=O) groups is 2. The van der Waals surface area contributed by atoms with Gasteiger partial charge in [-0.2, -0.15) is 0 Å². The molecule has 0 amide bonds. The van der Waals surface area contributed by atoms with E-state index in [1.807, 2.05) is 6.92 Å². The SMILES string of the molecule is CC(=O)OC[C@@H](OC(C)=O)[C@@H]1O[C@@H](C)[C@H](C)[C@@H]2OC3(CCCCC3)OC21.O[C@H]1[C@H](O)O[C@@H]([C@H]2COC3(CCCCC3)O2)C2OC3(CCCCC3)O[C@H]21. The van der Waals surface area contributed by atoms with Crippen LogP contribution < -0.4 is 0 Å². The molecule has 3 aliphatic carbocycles. The highest BCUT2D eigenvalue weighted by atomic mass is 16.8. The Hall–Kier alpha value is -1.46. The molecule has 2 unspecified atom stereocenters. The van der Waals surface area contributed by atoms with E-state index < -0.39 is 72.2 Å². The van der Waals surface area contributed by atoms with Crippen LogP contribution in [0.5, 0.6) is 0 Å². The molecule has 5 heterocycles. The van der Waals surface area contributed by atoms with Gasteiger partial charge in [-0.15, -0.1) is 0 Å². The van der Waals surface area contributed by atoms with Gasteiger partial charge in [-0.3, -0.25) is 9.59 Å². The van der Waals surface area contributed by atoms with E-state index in [9.17, 15) is 19.8 Å². The Morgan fingerprint density at radius 1 is 0.654 bits per heavy atom. The number of hydrogen-bond acceptors (Lipinski definition) is 14. The fraction of sp³-hybridized carbons (Fsp3) is 0.947. The highest BCUT2D eigenvalue weighted by Gasteiger charge is 2.61. The summed E-state index contributed by atoms with van der Waals surface area (Å²) in [5.41, 5.74) is 0. The van der Waals surface area contributed by atoms with Gasteiger partial charge in [0.05, 0.1) is 18.8 Å². The number of ether oxygens (including phenoxy) is 10. The van der Waals surface area contributed by atoms with Crippen molar-refractivity contribution in [3.8, 4) is 0 Å². The number of aliphatic hydroxyl groups excluding tert-OH is 2. The molecule has 0 aromatic rings. The molecule has 14 heteroatoms. The van der Waals surface area contributed by atoms with Gasteiger partial charge in [0, 0.05) is 58.3 Å². The van der Waals surface area contributed by atoms with E-state index in [-0.39, 0.29) is 36.9 Å². The Balaban J connectivity index is 0.000000162. The van der Waals surface area contributed by atoms with Gasteiger partial charge >= 0.3 is 11.9 Å². The summed E-state index contributed by atoms with van der Waals surface area (Å²) >= 11 is 0. The van der Waals surface area contributed by atoms with Crippen LogP contribution in [0.25, 0.3) is 0 Å². The predicted octanol–water partition coefficient (Wildman–Crippen LogP) is 3.93. The summed E-state index contributed by atoms with van der Waals surface area (Å²) in [6.07, 6.45) is 9.18. The van der Waals surface area contributed by atoms with Crippen LogP contribution in [0.15, 0.2) is 0 Å². The molecule has 3 spiro atoms. The number of esters is 2. The van der Waals surface area contributed by atoms with Crippen LogP contribution in [0.4, 0.5) is 0 Å². The third kappa shape index (κ3) is 8.08. The summed E-state index contributed by atoms with van der Waals surface area (Å²) in [5.74, 6) is -2.43. The van der Waals surface area contributed by atoms with Crippen LogP contribution in [0.1, 0.15) is 124 Å². The van der Waals surface area contributed by atoms with Crippen molar-refractivity contribution in [1.29, 1.82) is 0 Å². The highest BCUT2D eigenvalue weighted by Crippen LogP contribution is 2.49. The predicted molar refractivity (Wildman–Crippen MR) is 180 cm³/mol. The lowest BCUT2D eigenvalue weighted by Crippen LogP contribution is -2.60. The molecule has 52 heavy (non-hydrogen) atoms. The van der Waals surface area contributed by atoms with Crippen molar-refractivity contribution in [2.24, 2.45) is 5.92 Å². The van der Waals surface area contributed by atoms with Gasteiger partial charge in [-0.25, -0.2) is 0 Å². The fourth-order valence-corrected chi connectivity index (χ4v) is 9.64. The highest BCUT2D eigenvalue weighted by molar-refractivity contribution is 5.67. The van der Waals surface area contributed by atoms with Crippen molar-refractivity contribution >= 4 is 11.9 Å². The average Bonchev–Trinajstić information content (AvgIpc) is 3.82. The van der Waals surface area contributed by atoms with E-state index in [1.165, 1.54) is 33.1 Å². The van der Waals surface area contributed by atoms with E-state index in [1.54, 1.807) is 0 Å². The number of hydrogen-bond donors (Lipinski definition) is 2. The lowest BCUT2D eigenvalue weighted by Gasteiger charge is -2.42.